The van der Waals surface area contributed by atoms with Crippen molar-refractivity contribution in [2.45, 2.75) is 43.8 Å². The maximum atomic E-state index is 13.5. The minimum Gasteiger partial charge on any atom is -0.488 e. The van der Waals surface area contributed by atoms with E-state index >= 15 is 0 Å². The second kappa shape index (κ2) is 15.8. The molecule has 19 heteroatoms. The summed E-state index contributed by atoms with van der Waals surface area (Å²) >= 11 is 0.971. The summed E-state index contributed by atoms with van der Waals surface area (Å²) in [6.45, 7) is 2.00. The van der Waals surface area contributed by atoms with Gasteiger partial charge in [0.1, 0.15) is 35.1 Å². The predicted molar refractivity (Wildman–Crippen MR) is 163 cm³/mol. The van der Waals surface area contributed by atoms with Crippen LogP contribution in [0, 0.1) is 0 Å². The van der Waals surface area contributed by atoms with E-state index in [-0.39, 0.29) is 47.3 Å². The van der Waals surface area contributed by atoms with Crippen LogP contribution < -0.4 is 14.3 Å². The molecule has 0 radical (unpaired) electrons. The fraction of sp³-hybridized carbons (Fsp3) is 0.423. The quantitative estimate of drug-likeness (QED) is 0.227. The Kier molecular flexibility index (Phi) is 12.4. The number of phosphoric acid groups is 1. The number of nitrogens with zero attached hydrogens (tertiary/aromatic N) is 3. The molecular weight excluding hydrogens is 672 g/mol. The molecule has 0 spiro atoms. The number of benzene rings is 1. The summed E-state index contributed by atoms with van der Waals surface area (Å²) in [5.74, 6) is 0.0938. The molecule has 2 aromatic heterocycles. The van der Waals surface area contributed by atoms with E-state index in [1.807, 2.05) is 6.92 Å². The summed E-state index contributed by atoms with van der Waals surface area (Å²) in [4.78, 5) is 40.5. The van der Waals surface area contributed by atoms with Crippen LogP contribution in [0.1, 0.15) is 35.8 Å². The Morgan fingerprint density at radius 1 is 1.22 bits per heavy atom. The number of pyridine rings is 1. The average Bonchev–Trinajstić information content (AvgIpc) is 3.35. The monoisotopic (exact) mass is 705 g/mol. The molecule has 2 N–H and O–H groups in total. The lowest BCUT2D eigenvalue weighted by molar-refractivity contribution is 0.0784. The van der Waals surface area contributed by atoms with E-state index in [2.05, 4.69) is 14.5 Å². The Bertz CT molecular complexity index is 1660. The van der Waals surface area contributed by atoms with E-state index in [1.54, 1.807) is 25.3 Å². The van der Waals surface area contributed by atoms with Gasteiger partial charge >= 0.3 is 15.4 Å². The van der Waals surface area contributed by atoms with E-state index < -0.39 is 38.9 Å². The van der Waals surface area contributed by atoms with E-state index in [0.29, 0.717) is 36.0 Å². The van der Waals surface area contributed by atoms with Crippen LogP contribution in [-0.4, -0.2) is 68.7 Å². The van der Waals surface area contributed by atoms with Gasteiger partial charge in [-0.15, -0.1) is 11.3 Å². The number of amides is 1. The van der Waals surface area contributed by atoms with Gasteiger partial charge in [0.2, 0.25) is 0 Å². The highest BCUT2D eigenvalue weighted by molar-refractivity contribution is 7.84. The molecule has 45 heavy (non-hydrogen) atoms. The van der Waals surface area contributed by atoms with Gasteiger partial charge in [0, 0.05) is 36.1 Å². The Hall–Kier alpha value is -2.56. The number of rotatable bonds is 14. The van der Waals surface area contributed by atoms with Crippen molar-refractivity contribution in [3.05, 3.63) is 58.0 Å². The minimum absolute atomic E-state index is 0.0130. The van der Waals surface area contributed by atoms with Gasteiger partial charge in [-0.1, -0.05) is 6.92 Å². The smallest absolute Gasteiger partial charge is 0.471 e. The van der Waals surface area contributed by atoms with Crippen molar-refractivity contribution in [2.75, 3.05) is 33.2 Å². The molecule has 3 aromatic rings. The van der Waals surface area contributed by atoms with Crippen molar-refractivity contribution in [1.82, 2.24) is 9.55 Å². The predicted octanol–water partition coefficient (Wildman–Crippen LogP) is 4.22. The SMILES string of the molecule is CCC(COC)Oc1cc(Oc2ccc(S(C)=O)nc2)cc(C(=O)N=c2scc(CP3(=O)OCCCO3)n2COP(=O)(O)O)c1. The number of ether oxygens (including phenoxy) is 3. The van der Waals surface area contributed by atoms with E-state index in [1.165, 1.54) is 34.5 Å². The highest BCUT2D eigenvalue weighted by Crippen LogP contribution is 2.53. The fourth-order valence-corrected chi connectivity index (χ4v) is 7.43. The lowest BCUT2D eigenvalue weighted by Crippen LogP contribution is -2.22. The van der Waals surface area contributed by atoms with Crippen molar-refractivity contribution in [3.63, 3.8) is 0 Å². The van der Waals surface area contributed by atoms with Crippen LogP contribution in [0.15, 0.2) is 51.9 Å². The van der Waals surface area contributed by atoms with Crippen molar-refractivity contribution < 1.29 is 55.7 Å². The summed E-state index contributed by atoms with van der Waals surface area (Å²) in [7, 11) is -8.19. The molecule has 2 unspecified atom stereocenters. The first-order valence-electron chi connectivity index (χ1n) is 13.5. The van der Waals surface area contributed by atoms with Crippen LogP contribution in [0.3, 0.4) is 0 Å². The molecule has 3 heterocycles. The lowest BCUT2D eigenvalue weighted by atomic mass is 10.2. The topological polar surface area (TPSA) is 194 Å². The fourth-order valence-electron chi connectivity index (χ4n) is 3.96. The normalized spacial score (nSPS) is 16.7. The molecule has 0 bridgehead atoms. The molecule has 1 aliphatic heterocycles. The van der Waals surface area contributed by atoms with Gasteiger partial charge in [-0.25, -0.2) is 9.55 Å². The number of aromatic nitrogens is 2. The van der Waals surface area contributed by atoms with Crippen molar-refractivity contribution in [2.24, 2.45) is 4.99 Å². The molecule has 15 nitrogen and oxygen atoms in total. The molecule has 0 aliphatic carbocycles. The van der Waals surface area contributed by atoms with Crippen molar-refractivity contribution in [3.8, 4) is 17.2 Å². The number of carbonyl (C=O) groups is 1. The molecule has 2 atom stereocenters. The van der Waals surface area contributed by atoms with E-state index in [0.717, 1.165) is 11.3 Å². The third kappa shape index (κ3) is 10.5. The van der Waals surface area contributed by atoms with Crippen LogP contribution in [0.25, 0.3) is 0 Å². The highest BCUT2D eigenvalue weighted by atomic mass is 32.2. The Labute approximate surface area is 265 Å². The molecular formula is C26H33N3O12P2S2. The summed E-state index contributed by atoms with van der Waals surface area (Å²) in [5, 5.41) is 1.90. The number of methoxy groups -OCH3 is 1. The second-order valence-electron chi connectivity index (χ2n) is 9.58. The van der Waals surface area contributed by atoms with E-state index in [9.17, 15) is 27.9 Å². The number of carbonyl (C=O) groups excluding carboxylic acids is 1. The van der Waals surface area contributed by atoms with Crippen molar-refractivity contribution in [1.29, 1.82) is 0 Å². The van der Waals surface area contributed by atoms with Crippen LogP contribution in [-0.2, 0) is 51.1 Å². The van der Waals surface area contributed by atoms with Gasteiger partial charge in [0.05, 0.1) is 43.0 Å². The zero-order valence-electron chi connectivity index (χ0n) is 24.6. The molecule has 4 rings (SSSR count). The van der Waals surface area contributed by atoms with Crippen LogP contribution >= 0.6 is 26.8 Å². The summed E-state index contributed by atoms with van der Waals surface area (Å²) < 4.78 is 70.1. The van der Waals surface area contributed by atoms with Crippen LogP contribution in [0.2, 0.25) is 0 Å². The Morgan fingerprint density at radius 3 is 2.58 bits per heavy atom. The molecule has 1 aliphatic rings. The van der Waals surface area contributed by atoms with Gasteiger partial charge in [-0.2, -0.15) is 4.99 Å². The molecule has 246 valence electrons. The van der Waals surface area contributed by atoms with Crippen LogP contribution in [0.4, 0.5) is 0 Å². The zero-order valence-corrected chi connectivity index (χ0v) is 28.0. The number of hydrogen-bond acceptors (Lipinski definition) is 12. The standard InChI is InChI=1S/C26H33N3O12P2S2/c1-4-20(14-36-2)40-22-10-18(11-23(12-22)41-21-6-7-24(27-13-21)45(3)35)25(30)28-26-29(17-39-43(32,33)34)19(16-44-26)15-42(31)37-8-5-9-38-42/h6-7,10-13,16,20H,4-5,8-9,14-15,17H2,1-3H3,(H2,32,33,34). The third-order valence-corrected chi connectivity index (χ3v) is 10.2. The van der Waals surface area contributed by atoms with Gasteiger partial charge in [-0.05, 0) is 37.1 Å². The number of thiazole rings is 1. The first kappa shape index (κ1) is 35.3. The molecule has 0 saturated carbocycles. The number of hydrogen-bond donors (Lipinski definition) is 2. The molecule has 1 amide bonds. The van der Waals surface area contributed by atoms with Gasteiger partial charge < -0.3 is 33.0 Å². The van der Waals surface area contributed by atoms with E-state index in [4.69, 9.17) is 23.3 Å². The van der Waals surface area contributed by atoms with Gasteiger partial charge in [-0.3, -0.25) is 22.7 Å². The lowest BCUT2D eigenvalue weighted by Gasteiger charge is -2.23. The summed E-state index contributed by atoms with van der Waals surface area (Å²) in [6.07, 6.45) is 3.54. The number of phosphoric ester groups is 1. The second-order valence-corrected chi connectivity index (χ2v) is 15.0. The van der Waals surface area contributed by atoms with Gasteiger partial charge in [0.15, 0.2) is 4.80 Å². The first-order chi connectivity index (χ1) is 21.4. The average molecular weight is 706 g/mol. The summed E-state index contributed by atoms with van der Waals surface area (Å²) in [6, 6.07) is 7.65. The maximum Gasteiger partial charge on any atom is 0.471 e. The first-order valence-corrected chi connectivity index (χ1v) is 19.2. The maximum absolute atomic E-state index is 13.5. The zero-order chi connectivity index (χ0) is 32.6. The minimum atomic E-state index is -4.92. The van der Waals surface area contributed by atoms with Crippen molar-refractivity contribution >= 4 is 43.5 Å². The van der Waals surface area contributed by atoms with Crippen LogP contribution in [0.5, 0.6) is 17.2 Å². The summed E-state index contributed by atoms with van der Waals surface area (Å²) in [5.41, 5.74) is 0.346. The Balaban J connectivity index is 1.71. The Morgan fingerprint density at radius 2 is 1.96 bits per heavy atom. The largest absolute Gasteiger partial charge is 0.488 e. The third-order valence-electron chi connectivity index (χ3n) is 6.13. The highest BCUT2D eigenvalue weighted by Gasteiger charge is 2.30. The molecule has 1 fully saturated rings. The molecule has 1 aromatic carbocycles. The molecule has 1 saturated heterocycles. The van der Waals surface area contributed by atoms with Gasteiger partial charge in [0.25, 0.3) is 5.91 Å².